The molecule has 2 aliphatic rings. The Bertz CT molecular complexity index is 965. The molecule has 2 fully saturated rings. The second kappa shape index (κ2) is 8.90. The van der Waals surface area contributed by atoms with Gasteiger partial charge in [-0.3, -0.25) is 4.79 Å². The molecule has 0 aliphatic carbocycles. The van der Waals surface area contributed by atoms with Gasteiger partial charge in [0, 0.05) is 19.6 Å². The molecule has 0 unspecified atom stereocenters. The summed E-state index contributed by atoms with van der Waals surface area (Å²) in [4.78, 5) is 15.4. The molecule has 0 bridgehead atoms. The summed E-state index contributed by atoms with van der Waals surface area (Å²) in [5, 5.41) is 0. The summed E-state index contributed by atoms with van der Waals surface area (Å²) in [6.45, 7) is 3.77. The van der Waals surface area contributed by atoms with Crippen LogP contribution in [0.3, 0.4) is 0 Å². The zero-order valence-corrected chi connectivity index (χ0v) is 18.4. The fourth-order valence-electron chi connectivity index (χ4n) is 4.64. The Labute approximate surface area is 179 Å². The largest absolute Gasteiger partial charge is 0.341 e. The SMILES string of the molecule is Cc1ccc(S(=O)(=O)N2CCC[C@H]2C(=O)N2CCC(Cc3ccccc3)CC2)cc1. The van der Waals surface area contributed by atoms with Crippen LogP contribution in [0.1, 0.15) is 36.8 Å². The number of carbonyl (C=O) groups excluding carboxylic acids is 1. The molecule has 2 saturated heterocycles. The van der Waals surface area contributed by atoms with Gasteiger partial charge in [-0.1, -0.05) is 48.0 Å². The smallest absolute Gasteiger partial charge is 0.243 e. The van der Waals surface area contributed by atoms with E-state index < -0.39 is 16.1 Å². The Kier molecular flexibility index (Phi) is 6.25. The number of hydrogen-bond acceptors (Lipinski definition) is 3. The standard InChI is InChI=1S/C24H30N2O3S/c1-19-9-11-22(12-10-19)30(28,29)26-15-5-8-23(26)24(27)25-16-13-21(14-17-25)18-20-6-3-2-4-7-20/h2-4,6-7,9-12,21,23H,5,8,13-18H2,1H3/t23-/m0/s1. The van der Waals surface area contributed by atoms with E-state index in [0.29, 0.717) is 32.0 Å². The highest BCUT2D eigenvalue weighted by molar-refractivity contribution is 7.89. The average Bonchev–Trinajstić information content (AvgIpc) is 3.26. The van der Waals surface area contributed by atoms with Crippen molar-refractivity contribution in [3.05, 3.63) is 65.7 Å². The summed E-state index contributed by atoms with van der Waals surface area (Å²) < 4.78 is 27.7. The first-order valence-corrected chi connectivity index (χ1v) is 12.3. The highest BCUT2D eigenvalue weighted by atomic mass is 32.2. The Morgan fingerprint density at radius 1 is 0.933 bits per heavy atom. The third kappa shape index (κ3) is 4.44. The maximum atomic E-state index is 13.2. The number of hydrogen-bond donors (Lipinski definition) is 0. The minimum atomic E-state index is -3.65. The normalized spacial score (nSPS) is 21.1. The maximum absolute atomic E-state index is 13.2. The summed E-state index contributed by atoms with van der Waals surface area (Å²) in [6, 6.07) is 16.8. The van der Waals surface area contributed by atoms with Gasteiger partial charge >= 0.3 is 0 Å². The van der Waals surface area contributed by atoms with Crippen molar-refractivity contribution in [3.63, 3.8) is 0 Å². The van der Waals surface area contributed by atoms with Gasteiger partial charge in [-0.15, -0.1) is 0 Å². The first kappa shape index (κ1) is 21.1. The number of piperidine rings is 1. The summed E-state index contributed by atoms with van der Waals surface area (Å²) in [7, 11) is -3.65. The van der Waals surface area contributed by atoms with Crippen LogP contribution in [0.25, 0.3) is 0 Å². The molecule has 0 spiro atoms. The Balaban J connectivity index is 1.40. The molecule has 2 aromatic carbocycles. The highest BCUT2D eigenvalue weighted by Crippen LogP contribution is 2.29. The van der Waals surface area contributed by atoms with Crippen molar-refractivity contribution in [2.24, 2.45) is 5.92 Å². The van der Waals surface area contributed by atoms with E-state index in [-0.39, 0.29) is 10.8 Å². The van der Waals surface area contributed by atoms with E-state index in [4.69, 9.17) is 0 Å². The van der Waals surface area contributed by atoms with Gasteiger partial charge in [-0.05, 0) is 62.6 Å². The van der Waals surface area contributed by atoms with E-state index in [1.54, 1.807) is 24.3 Å². The van der Waals surface area contributed by atoms with Crippen LogP contribution in [0.5, 0.6) is 0 Å². The molecule has 2 aliphatic heterocycles. The molecule has 5 nitrogen and oxygen atoms in total. The maximum Gasteiger partial charge on any atom is 0.243 e. The highest BCUT2D eigenvalue weighted by Gasteiger charge is 2.41. The summed E-state index contributed by atoms with van der Waals surface area (Å²) in [6.07, 6.45) is 4.32. The number of nitrogens with zero attached hydrogens (tertiary/aromatic N) is 2. The van der Waals surface area contributed by atoms with Crippen molar-refractivity contribution in [1.29, 1.82) is 0 Å². The lowest BCUT2D eigenvalue weighted by molar-refractivity contribution is -0.136. The van der Waals surface area contributed by atoms with Gasteiger partial charge in [0.05, 0.1) is 4.90 Å². The number of likely N-dealkylation sites (tertiary alicyclic amines) is 1. The van der Waals surface area contributed by atoms with Crippen molar-refractivity contribution >= 4 is 15.9 Å². The van der Waals surface area contributed by atoms with E-state index in [1.165, 1.54) is 9.87 Å². The van der Waals surface area contributed by atoms with Crippen LogP contribution in [-0.2, 0) is 21.2 Å². The number of rotatable bonds is 5. The molecule has 0 N–H and O–H groups in total. The third-order valence-corrected chi connectivity index (χ3v) is 8.33. The zero-order chi connectivity index (χ0) is 21.1. The van der Waals surface area contributed by atoms with Crippen LogP contribution in [-0.4, -0.2) is 49.2 Å². The summed E-state index contributed by atoms with van der Waals surface area (Å²) in [5.41, 5.74) is 2.36. The van der Waals surface area contributed by atoms with Gasteiger partial charge in [0.1, 0.15) is 6.04 Å². The van der Waals surface area contributed by atoms with Gasteiger partial charge in [-0.2, -0.15) is 4.31 Å². The van der Waals surface area contributed by atoms with Crippen LogP contribution in [0.15, 0.2) is 59.5 Å². The van der Waals surface area contributed by atoms with Crippen molar-refractivity contribution in [1.82, 2.24) is 9.21 Å². The molecule has 2 aromatic rings. The number of carbonyl (C=O) groups is 1. The van der Waals surface area contributed by atoms with E-state index in [0.717, 1.165) is 31.2 Å². The number of sulfonamides is 1. The Morgan fingerprint density at radius 2 is 1.60 bits per heavy atom. The molecule has 30 heavy (non-hydrogen) atoms. The fourth-order valence-corrected chi connectivity index (χ4v) is 6.29. The summed E-state index contributed by atoms with van der Waals surface area (Å²) in [5.74, 6) is 0.550. The van der Waals surface area contributed by atoms with Gasteiger partial charge in [-0.25, -0.2) is 8.42 Å². The molecule has 1 amide bonds. The number of amides is 1. The van der Waals surface area contributed by atoms with Crippen molar-refractivity contribution in [2.45, 2.75) is 50.0 Å². The molecule has 2 heterocycles. The van der Waals surface area contributed by atoms with Gasteiger partial charge in [0.25, 0.3) is 0 Å². The van der Waals surface area contributed by atoms with Gasteiger partial charge < -0.3 is 4.90 Å². The monoisotopic (exact) mass is 426 g/mol. The van der Waals surface area contributed by atoms with Crippen LogP contribution >= 0.6 is 0 Å². The number of benzene rings is 2. The third-order valence-electron chi connectivity index (χ3n) is 6.41. The molecule has 0 saturated carbocycles. The van der Waals surface area contributed by atoms with Crippen LogP contribution < -0.4 is 0 Å². The lowest BCUT2D eigenvalue weighted by atomic mass is 9.90. The van der Waals surface area contributed by atoms with Crippen LogP contribution in [0.2, 0.25) is 0 Å². The fraction of sp³-hybridized carbons (Fsp3) is 0.458. The van der Waals surface area contributed by atoms with E-state index in [1.807, 2.05) is 17.9 Å². The second-order valence-corrected chi connectivity index (χ2v) is 10.4. The first-order chi connectivity index (χ1) is 14.4. The topological polar surface area (TPSA) is 57.7 Å². The average molecular weight is 427 g/mol. The van der Waals surface area contributed by atoms with Crippen molar-refractivity contribution in [3.8, 4) is 0 Å². The predicted octanol–water partition coefficient (Wildman–Crippen LogP) is 3.63. The van der Waals surface area contributed by atoms with Crippen LogP contribution in [0.4, 0.5) is 0 Å². The molecule has 160 valence electrons. The molecule has 0 radical (unpaired) electrons. The van der Waals surface area contributed by atoms with Gasteiger partial charge in [0.15, 0.2) is 0 Å². The molecule has 6 heteroatoms. The minimum Gasteiger partial charge on any atom is -0.341 e. The molecular weight excluding hydrogens is 396 g/mol. The van der Waals surface area contributed by atoms with Crippen LogP contribution in [0, 0.1) is 12.8 Å². The Hall–Kier alpha value is -2.18. The first-order valence-electron chi connectivity index (χ1n) is 10.9. The quantitative estimate of drug-likeness (QED) is 0.734. The number of aryl methyl sites for hydroxylation is 1. The minimum absolute atomic E-state index is 0.0265. The van der Waals surface area contributed by atoms with Crippen molar-refractivity contribution < 1.29 is 13.2 Å². The second-order valence-electron chi connectivity index (χ2n) is 8.55. The van der Waals surface area contributed by atoms with E-state index in [9.17, 15) is 13.2 Å². The predicted molar refractivity (Wildman–Crippen MR) is 118 cm³/mol. The molecular formula is C24H30N2O3S. The molecule has 0 aromatic heterocycles. The van der Waals surface area contributed by atoms with Gasteiger partial charge in [0.2, 0.25) is 15.9 Å². The lowest BCUT2D eigenvalue weighted by Gasteiger charge is -2.35. The van der Waals surface area contributed by atoms with Crippen molar-refractivity contribution in [2.75, 3.05) is 19.6 Å². The zero-order valence-electron chi connectivity index (χ0n) is 17.5. The molecule has 4 rings (SSSR count). The molecule has 1 atom stereocenters. The van der Waals surface area contributed by atoms with E-state index in [2.05, 4.69) is 24.3 Å². The lowest BCUT2D eigenvalue weighted by Crippen LogP contribution is -2.50. The summed E-state index contributed by atoms with van der Waals surface area (Å²) >= 11 is 0. The van der Waals surface area contributed by atoms with E-state index >= 15 is 0 Å². The Morgan fingerprint density at radius 3 is 2.27 bits per heavy atom.